The first-order valence-corrected chi connectivity index (χ1v) is 19.3. The van der Waals surface area contributed by atoms with Crippen molar-refractivity contribution >= 4 is 5.92 Å². The molecule has 2 saturated carbocycles. The molecule has 0 aromatic rings. The first-order chi connectivity index (χ1) is 10.8. The molecular weight excluding hydrogens is 360 g/mol. The van der Waals surface area contributed by atoms with Gasteiger partial charge in [0.25, 0.3) is 0 Å². The van der Waals surface area contributed by atoms with E-state index in [1.54, 1.807) is 12.8 Å². The van der Waals surface area contributed by atoms with Crippen LogP contribution in [-0.2, 0) is 20.9 Å². The molecule has 0 nitrogen and oxygen atoms in total. The second-order valence-corrected chi connectivity index (χ2v) is 28.9. The molecule has 2 heteroatoms. The minimum absolute atomic E-state index is 0.444. The molecule has 6 unspecified atom stereocenters. The Morgan fingerprint density at radius 1 is 0.682 bits per heavy atom. The van der Waals surface area contributed by atoms with Crippen molar-refractivity contribution in [2.24, 2.45) is 23.7 Å². The van der Waals surface area contributed by atoms with Crippen molar-refractivity contribution in [3.63, 3.8) is 0 Å². The van der Waals surface area contributed by atoms with Gasteiger partial charge in [-0.2, -0.15) is 0 Å². The zero-order valence-corrected chi connectivity index (χ0v) is 17.6. The molecule has 0 aromatic carbocycles. The van der Waals surface area contributed by atoms with Gasteiger partial charge in [-0.15, -0.1) is 0 Å². The summed E-state index contributed by atoms with van der Waals surface area (Å²) in [7, 11) is 0. The summed E-state index contributed by atoms with van der Waals surface area (Å²) in [6.45, 7) is 5.42. The van der Waals surface area contributed by atoms with Gasteiger partial charge in [0.15, 0.2) is 0 Å². The molecule has 6 atom stereocenters. The Labute approximate surface area is 144 Å². The number of fused-ring (bicyclic) bond motifs is 2. The summed E-state index contributed by atoms with van der Waals surface area (Å²) in [5.41, 5.74) is 0. The van der Waals surface area contributed by atoms with Crippen LogP contribution in [0.2, 0.25) is 20.3 Å². The SMILES string of the molecule is C[SiH](C)[Zr]([CH]1CCC2C=CC=CC21)[CH]1CCC2C=CC=CC21. The Bertz CT molecular complexity index is 486. The monoisotopic (exact) mass is 387 g/mol. The van der Waals surface area contributed by atoms with Crippen LogP contribution >= 0.6 is 0 Å². The van der Waals surface area contributed by atoms with Gasteiger partial charge in [0.2, 0.25) is 0 Å². The third kappa shape index (κ3) is 2.69. The summed E-state index contributed by atoms with van der Waals surface area (Å²) < 4.78 is 2.34. The van der Waals surface area contributed by atoms with E-state index in [0.717, 1.165) is 23.7 Å². The van der Waals surface area contributed by atoms with Crippen molar-refractivity contribution in [2.45, 2.75) is 46.0 Å². The van der Waals surface area contributed by atoms with Crippen molar-refractivity contribution in [3.8, 4) is 0 Å². The molecule has 0 heterocycles. The van der Waals surface area contributed by atoms with E-state index >= 15 is 0 Å². The molecular formula is C20H29SiZr. The van der Waals surface area contributed by atoms with Crippen LogP contribution < -0.4 is 0 Å². The third-order valence-corrected chi connectivity index (χ3v) is 30.4. The Balaban J connectivity index is 1.59. The molecule has 22 heavy (non-hydrogen) atoms. The third-order valence-electron chi connectivity index (χ3n) is 6.67. The van der Waals surface area contributed by atoms with Crippen LogP contribution in [0.15, 0.2) is 48.6 Å². The fourth-order valence-corrected chi connectivity index (χ4v) is 32.5. The number of allylic oxidation sites excluding steroid dienone is 8. The van der Waals surface area contributed by atoms with E-state index in [-0.39, 0.29) is 0 Å². The summed E-state index contributed by atoms with van der Waals surface area (Å²) in [6.07, 6.45) is 25.7. The van der Waals surface area contributed by atoms with Crippen LogP contribution in [0.25, 0.3) is 0 Å². The normalized spacial score (nSPS) is 42.0. The Kier molecular flexibility index (Phi) is 4.62. The molecule has 2 fully saturated rings. The first-order valence-electron chi connectivity index (χ1n) is 9.32. The van der Waals surface area contributed by atoms with Gasteiger partial charge in [0.1, 0.15) is 0 Å². The van der Waals surface area contributed by atoms with Crippen molar-refractivity contribution in [1.29, 1.82) is 0 Å². The molecule has 0 N–H and O–H groups in total. The molecule has 0 aliphatic heterocycles. The van der Waals surface area contributed by atoms with Crippen LogP contribution in [0.3, 0.4) is 0 Å². The van der Waals surface area contributed by atoms with Crippen molar-refractivity contribution in [1.82, 2.24) is 0 Å². The van der Waals surface area contributed by atoms with Crippen LogP contribution in [0, 0.1) is 23.7 Å². The van der Waals surface area contributed by atoms with Crippen LogP contribution in [0.4, 0.5) is 0 Å². The van der Waals surface area contributed by atoms with Gasteiger partial charge in [0.05, 0.1) is 0 Å². The van der Waals surface area contributed by atoms with E-state index in [1.165, 1.54) is 20.1 Å². The molecule has 0 aromatic heterocycles. The average Bonchev–Trinajstić information content (AvgIpc) is 3.13. The Morgan fingerprint density at radius 3 is 1.59 bits per heavy atom. The van der Waals surface area contributed by atoms with Crippen molar-refractivity contribution in [3.05, 3.63) is 48.6 Å². The number of hydrogen-bond donors (Lipinski definition) is 0. The molecule has 4 aliphatic carbocycles. The zero-order valence-electron chi connectivity index (χ0n) is 14.0. The van der Waals surface area contributed by atoms with Gasteiger partial charge in [-0.3, -0.25) is 0 Å². The van der Waals surface area contributed by atoms with Gasteiger partial charge in [-0.25, -0.2) is 0 Å². The summed E-state index contributed by atoms with van der Waals surface area (Å²) in [4.78, 5) is 0. The van der Waals surface area contributed by atoms with Crippen LogP contribution in [-0.4, -0.2) is 5.92 Å². The fraction of sp³-hybridized carbons (Fsp3) is 0.600. The van der Waals surface area contributed by atoms with Crippen LogP contribution in [0.1, 0.15) is 25.7 Å². The van der Waals surface area contributed by atoms with E-state index in [0.29, 0.717) is 0 Å². The summed E-state index contributed by atoms with van der Waals surface area (Å²) in [5.74, 6) is 3.24. The first kappa shape index (κ1) is 15.6. The topological polar surface area (TPSA) is 0 Å². The molecule has 0 bridgehead atoms. The molecule has 0 amide bonds. The standard InChI is InChI=1S/2C9H11.C2H7Si.Zr/c2*1-2-5-9-7-3-6-8(9)4-1;1-3-2;/h2*1-2,4-6,8-9H,3,7H2;3H,1-2H3;. The van der Waals surface area contributed by atoms with E-state index in [2.05, 4.69) is 61.7 Å². The second-order valence-electron chi connectivity index (χ2n) is 8.04. The maximum atomic E-state index is 2.71. The molecule has 0 spiro atoms. The predicted molar refractivity (Wildman–Crippen MR) is 95.4 cm³/mol. The summed E-state index contributed by atoms with van der Waals surface area (Å²) >= 11 is -1.33. The number of rotatable bonds is 3. The molecule has 117 valence electrons. The number of hydrogen-bond acceptors (Lipinski definition) is 0. The predicted octanol–water partition coefficient (Wildman–Crippen LogP) is 5.47. The van der Waals surface area contributed by atoms with E-state index < -0.39 is 26.8 Å². The van der Waals surface area contributed by atoms with E-state index in [9.17, 15) is 0 Å². The van der Waals surface area contributed by atoms with Crippen LogP contribution in [0.5, 0.6) is 0 Å². The van der Waals surface area contributed by atoms with E-state index in [1.807, 2.05) is 0 Å². The van der Waals surface area contributed by atoms with Crippen molar-refractivity contribution < 1.29 is 20.9 Å². The van der Waals surface area contributed by atoms with Crippen molar-refractivity contribution in [2.75, 3.05) is 0 Å². The minimum atomic E-state index is -1.33. The average molecular weight is 389 g/mol. The van der Waals surface area contributed by atoms with Gasteiger partial charge >= 0.3 is 145 Å². The Morgan fingerprint density at radius 2 is 1.14 bits per heavy atom. The fourth-order valence-electron chi connectivity index (χ4n) is 5.82. The van der Waals surface area contributed by atoms with Gasteiger partial charge in [-0.05, 0) is 0 Å². The van der Waals surface area contributed by atoms with Gasteiger partial charge < -0.3 is 0 Å². The second kappa shape index (κ2) is 6.52. The summed E-state index contributed by atoms with van der Waals surface area (Å²) in [6, 6.07) is 0. The maximum absolute atomic E-state index is 2.71. The quantitative estimate of drug-likeness (QED) is 0.562. The molecule has 4 rings (SSSR count). The molecule has 4 aliphatic rings. The van der Waals surface area contributed by atoms with E-state index in [4.69, 9.17) is 0 Å². The Hall–Kier alpha value is 0.0600. The van der Waals surface area contributed by atoms with Gasteiger partial charge in [-0.1, -0.05) is 0 Å². The molecule has 0 saturated heterocycles. The molecule has 0 radical (unpaired) electrons. The summed E-state index contributed by atoms with van der Waals surface area (Å²) in [5, 5.41) is 0. The zero-order chi connectivity index (χ0) is 15.1. The van der Waals surface area contributed by atoms with Gasteiger partial charge in [0, 0.05) is 0 Å².